The maximum absolute atomic E-state index is 5.62. The van der Waals surface area contributed by atoms with E-state index in [9.17, 15) is 0 Å². The fourth-order valence-corrected chi connectivity index (χ4v) is 3.04. The molecule has 2 rings (SSSR count). The predicted molar refractivity (Wildman–Crippen MR) is 77.1 cm³/mol. The van der Waals surface area contributed by atoms with Crippen molar-refractivity contribution in [1.29, 1.82) is 0 Å². The van der Waals surface area contributed by atoms with Crippen molar-refractivity contribution >= 4 is 0 Å². The highest BCUT2D eigenvalue weighted by Crippen LogP contribution is 2.38. The van der Waals surface area contributed by atoms with Gasteiger partial charge in [0.25, 0.3) is 0 Å². The molecule has 1 aromatic carbocycles. The van der Waals surface area contributed by atoms with Gasteiger partial charge >= 0.3 is 0 Å². The second kappa shape index (κ2) is 6.26. The SMILES string of the molecule is CNC(c1ccc(OC)c(C)c1OC)C1CCNC1. The first-order valence-corrected chi connectivity index (χ1v) is 6.82. The summed E-state index contributed by atoms with van der Waals surface area (Å²) < 4.78 is 11.0. The van der Waals surface area contributed by atoms with E-state index in [0.29, 0.717) is 12.0 Å². The number of hydrogen-bond acceptors (Lipinski definition) is 4. The Kier molecular flexibility index (Phi) is 4.66. The second-order valence-electron chi connectivity index (χ2n) is 5.03. The van der Waals surface area contributed by atoms with Crippen LogP contribution >= 0.6 is 0 Å². The van der Waals surface area contributed by atoms with Gasteiger partial charge < -0.3 is 20.1 Å². The number of rotatable bonds is 5. The summed E-state index contributed by atoms with van der Waals surface area (Å²) in [5, 5.41) is 6.86. The monoisotopic (exact) mass is 264 g/mol. The molecule has 1 fully saturated rings. The van der Waals surface area contributed by atoms with Gasteiger partial charge in [-0.1, -0.05) is 6.07 Å². The standard InChI is InChI=1S/C15H24N2O2/c1-10-13(18-3)6-5-12(15(10)19-4)14(16-2)11-7-8-17-9-11/h5-6,11,14,16-17H,7-9H2,1-4H3. The molecule has 1 aliphatic rings. The van der Waals surface area contributed by atoms with Crippen molar-refractivity contribution in [3.05, 3.63) is 23.3 Å². The van der Waals surface area contributed by atoms with E-state index in [0.717, 1.165) is 30.2 Å². The summed E-state index contributed by atoms with van der Waals surface area (Å²) in [6, 6.07) is 4.46. The quantitative estimate of drug-likeness (QED) is 0.852. The van der Waals surface area contributed by atoms with Gasteiger partial charge in [-0.3, -0.25) is 0 Å². The van der Waals surface area contributed by atoms with Crippen molar-refractivity contribution in [2.45, 2.75) is 19.4 Å². The summed E-state index contributed by atoms with van der Waals surface area (Å²) in [6.45, 7) is 4.20. The molecule has 1 saturated heterocycles. The van der Waals surface area contributed by atoms with E-state index in [1.165, 1.54) is 12.0 Å². The minimum Gasteiger partial charge on any atom is -0.496 e. The van der Waals surface area contributed by atoms with Crippen LogP contribution in [0, 0.1) is 12.8 Å². The Bertz CT molecular complexity index is 428. The van der Waals surface area contributed by atoms with Gasteiger partial charge in [0.15, 0.2) is 0 Å². The van der Waals surface area contributed by atoms with Crippen LogP contribution < -0.4 is 20.1 Å². The molecule has 0 amide bonds. The van der Waals surface area contributed by atoms with Gasteiger partial charge in [0.2, 0.25) is 0 Å². The molecule has 2 unspecified atom stereocenters. The van der Waals surface area contributed by atoms with Gasteiger partial charge in [0, 0.05) is 17.2 Å². The molecule has 4 heteroatoms. The van der Waals surface area contributed by atoms with E-state index >= 15 is 0 Å². The normalized spacial score (nSPS) is 20.3. The topological polar surface area (TPSA) is 42.5 Å². The lowest BCUT2D eigenvalue weighted by atomic mass is 9.90. The minimum absolute atomic E-state index is 0.314. The molecule has 2 atom stereocenters. The molecule has 1 heterocycles. The minimum atomic E-state index is 0.314. The maximum Gasteiger partial charge on any atom is 0.130 e. The van der Waals surface area contributed by atoms with E-state index in [2.05, 4.69) is 16.7 Å². The third kappa shape index (κ3) is 2.69. The zero-order valence-electron chi connectivity index (χ0n) is 12.2. The maximum atomic E-state index is 5.62. The van der Waals surface area contributed by atoms with Crippen LogP contribution in [0.1, 0.15) is 23.6 Å². The van der Waals surface area contributed by atoms with Crippen molar-refractivity contribution in [2.75, 3.05) is 34.4 Å². The number of methoxy groups -OCH3 is 2. The number of benzene rings is 1. The molecule has 0 saturated carbocycles. The molecule has 0 aromatic heterocycles. The predicted octanol–water partition coefficient (Wildman–Crippen LogP) is 1.88. The third-order valence-corrected chi connectivity index (χ3v) is 4.03. The first-order chi connectivity index (χ1) is 9.22. The lowest BCUT2D eigenvalue weighted by Gasteiger charge is -2.26. The van der Waals surface area contributed by atoms with Crippen LogP contribution in [0.2, 0.25) is 0 Å². The highest BCUT2D eigenvalue weighted by Gasteiger charge is 2.28. The largest absolute Gasteiger partial charge is 0.496 e. The molecule has 1 aromatic rings. The Balaban J connectivity index is 2.39. The smallest absolute Gasteiger partial charge is 0.130 e. The lowest BCUT2D eigenvalue weighted by molar-refractivity contribution is 0.359. The molecular weight excluding hydrogens is 240 g/mol. The van der Waals surface area contributed by atoms with E-state index in [-0.39, 0.29) is 0 Å². The van der Waals surface area contributed by atoms with Crippen molar-refractivity contribution in [3.63, 3.8) is 0 Å². The van der Waals surface area contributed by atoms with Crippen LogP contribution in [0.15, 0.2) is 12.1 Å². The number of nitrogens with one attached hydrogen (secondary N) is 2. The van der Waals surface area contributed by atoms with Crippen LogP contribution in [0.4, 0.5) is 0 Å². The summed E-state index contributed by atoms with van der Waals surface area (Å²) in [7, 11) is 5.44. The Morgan fingerprint density at radius 3 is 2.63 bits per heavy atom. The Hall–Kier alpha value is -1.26. The molecule has 0 spiro atoms. The van der Waals surface area contributed by atoms with Gasteiger partial charge in [0.05, 0.1) is 14.2 Å². The van der Waals surface area contributed by atoms with Crippen molar-refractivity contribution < 1.29 is 9.47 Å². The molecule has 106 valence electrons. The fourth-order valence-electron chi connectivity index (χ4n) is 3.04. The summed E-state index contributed by atoms with van der Waals surface area (Å²) in [5.74, 6) is 2.41. The third-order valence-electron chi connectivity index (χ3n) is 4.03. The van der Waals surface area contributed by atoms with Gasteiger partial charge in [-0.2, -0.15) is 0 Å². The van der Waals surface area contributed by atoms with Crippen LogP contribution in [-0.4, -0.2) is 34.4 Å². The highest BCUT2D eigenvalue weighted by atomic mass is 16.5. The van der Waals surface area contributed by atoms with E-state index in [1.807, 2.05) is 20.0 Å². The molecule has 0 aliphatic carbocycles. The Labute approximate surface area is 115 Å². The highest BCUT2D eigenvalue weighted by molar-refractivity contribution is 5.50. The van der Waals surface area contributed by atoms with Gasteiger partial charge in [0.1, 0.15) is 11.5 Å². The van der Waals surface area contributed by atoms with Crippen LogP contribution in [0.25, 0.3) is 0 Å². The Morgan fingerprint density at radius 2 is 2.11 bits per heavy atom. The Morgan fingerprint density at radius 1 is 1.32 bits per heavy atom. The van der Waals surface area contributed by atoms with Crippen LogP contribution in [-0.2, 0) is 0 Å². The van der Waals surface area contributed by atoms with Crippen LogP contribution in [0.3, 0.4) is 0 Å². The molecule has 4 nitrogen and oxygen atoms in total. The second-order valence-corrected chi connectivity index (χ2v) is 5.03. The molecule has 19 heavy (non-hydrogen) atoms. The molecule has 1 aliphatic heterocycles. The van der Waals surface area contributed by atoms with Crippen molar-refractivity contribution in [1.82, 2.24) is 10.6 Å². The van der Waals surface area contributed by atoms with Crippen LogP contribution in [0.5, 0.6) is 11.5 Å². The van der Waals surface area contributed by atoms with Crippen molar-refractivity contribution in [2.24, 2.45) is 5.92 Å². The zero-order valence-corrected chi connectivity index (χ0v) is 12.2. The average molecular weight is 264 g/mol. The lowest BCUT2D eigenvalue weighted by Crippen LogP contribution is -2.27. The molecule has 0 bridgehead atoms. The fraction of sp³-hybridized carbons (Fsp3) is 0.600. The van der Waals surface area contributed by atoms with Gasteiger partial charge in [-0.15, -0.1) is 0 Å². The van der Waals surface area contributed by atoms with E-state index < -0.39 is 0 Å². The summed E-state index contributed by atoms with van der Waals surface area (Å²) in [4.78, 5) is 0. The molecular formula is C15H24N2O2. The summed E-state index contributed by atoms with van der Waals surface area (Å²) in [5.41, 5.74) is 2.28. The molecule has 2 N–H and O–H groups in total. The van der Waals surface area contributed by atoms with E-state index in [1.54, 1.807) is 14.2 Å². The van der Waals surface area contributed by atoms with Gasteiger partial charge in [-0.25, -0.2) is 0 Å². The number of hydrogen-bond donors (Lipinski definition) is 2. The van der Waals surface area contributed by atoms with Crippen molar-refractivity contribution in [3.8, 4) is 11.5 Å². The summed E-state index contributed by atoms with van der Waals surface area (Å²) >= 11 is 0. The zero-order chi connectivity index (χ0) is 13.8. The van der Waals surface area contributed by atoms with E-state index in [4.69, 9.17) is 9.47 Å². The number of ether oxygens (including phenoxy) is 2. The average Bonchev–Trinajstić information content (AvgIpc) is 2.94. The van der Waals surface area contributed by atoms with Gasteiger partial charge in [-0.05, 0) is 45.5 Å². The summed E-state index contributed by atoms with van der Waals surface area (Å²) in [6.07, 6.45) is 1.19. The first kappa shape index (κ1) is 14.2. The molecule has 0 radical (unpaired) electrons. The first-order valence-electron chi connectivity index (χ1n) is 6.82.